The van der Waals surface area contributed by atoms with Crippen LogP contribution in [0.15, 0.2) is 103 Å². The maximum absolute atomic E-state index is 13.7. The van der Waals surface area contributed by atoms with Gasteiger partial charge in [-0.25, -0.2) is 13.6 Å². The van der Waals surface area contributed by atoms with E-state index in [1.165, 1.54) is 67.2 Å². The predicted molar refractivity (Wildman–Crippen MR) is 183 cm³/mol. The highest BCUT2D eigenvalue weighted by Gasteiger charge is 2.49. The van der Waals surface area contributed by atoms with Crippen molar-refractivity contribution < 1.29 is 42.9 Å². The van der Waals surface area contributed by atoms with Crippen molar-refractivity contribution in [1.29, 1.82) is 0 Å². The van der Waals surface area contributed by atoms with E-state index in [-0.39, 0.29) is 18.1 Å². The number of hydrogen-bond acceptors (Lipinski definition) is 7. The van der Waals surface area contributed by atoms with Gasteiger partial charge in [0.2, 0.25) is 11.8 Å². The van der Waals surface area contributed by atoms with Gasteiger partial charge >= 0.3 is 5.97 Å². The predicted octanol–water partition coefficient (Wildman–Crippen LogP) is 4.58. The second-order valence-electron chi connectivity index (χ2n) is 11.7. The van der Waals surface area contributed by atoms with Crippen LogP contribution in [0.4, 0.5) is 14.5 Å². The number of carboxylic acids is 1. The number of nitrogens with one attached hydrogen (secondary N) is 2. The molecule has 50 heavy (non-hydrogen) atoms. The number of hydrogen-bond donors (Lipinski definition) is 4. The maximum Gasteiger partial charge on any atom is 0.326 e. The topological polar surface area (TPSA) is 145 Å². The molecule has 0 radical (unpaired) electrons. The Morgan fingerprint density at radius 1 is 0.880 bits per heavy atom. The Labute approximate surface area is 291 Å². The number of benzene rings is 4. The minimum absolute atomic E-state index is 0.0791. The Morgan fingerprint density at radius 2 is 1.50 bits per heavy atom. The van der Waals surface area contributed by atoms with E-state index >= 15 is 0 Å². The molecule has 0 saturated carbocycles. The number of aliphatic hydroxyl groups is 1. The fourth-order valence-electron chi connectivity index (χ4n) is 5.42. The molecule has 1 saturated heterocycles. The molecule has 10 nitrogen and oxygen atoms in total. The fraction of sp³-hybridized carbons (Fsp3) is 0.243. The third kappa shape index (κ3) is 9.04. The number of aliphatic carboxylic acids is 1. The third-order valence-electron chi connectivity index (χ3n) is 8.10. The van der Waals surface area contributed by atoms with Crippen LogP contribution >= 0.6 is 11.8 Å². The second kappa shape index (κ2) is 16.4. The first kappa shape index (κ1) is 36.0. The van der Waals surface area contributed by atoms with Crippen LogP contribution in [0, 0.1) is 11.6 Å². The highest BCUT2D eigenvalue weighted by atomic mass is 32.2. The normalized spacial score (nSPS) is 17.2. The summed E-state index contributed by atoms with van der Waals surface area (Å²) in [7, 11) is 0. The van der Waals surface area contributed by atoms with E-state index in [9.17, 15) is 38.2 Å². The smallest absolute Gasteiger partial charge is 0.326 e. The Bertz CT molecular complexity index is 1800. The molecular weight excluding hydrogens is 668 g/mol. The summed E-state index contributed by atoms with van der Waals surface area (Å²) < 4.78 is 32.6. The molecule has 13 heteroatoms. The van der Waals surface area contributed by atoms with Crippen LogP contribution in [0.2, 0.25) is 0 Å². The van der Waals surface area contributed by atoms with Gasteiger partial charge in [-0.3, -0.25) is 14.4 Å². The van der Waals surface area contributed by atoms with Gasteiger partial charge in [0.25, 0.3) is 5.91 Å². The number of anilines is 1. The van der Waals surface area contributed by atoms with Crippen LogP contribution < -0.4 is 20.3 Å². The number of rotatable bonds is 15. The highest BCUT2D eigenvalue weighted by Crippen LogP contribution is 2.46. The summed E-state index contributed by atoms with van der Waals surface area (Å²) in [5.74, 6) is -3.04. The summed E-state index contributed by atoms with van der Waals surface area (Å²) in [5, 5.41) is 24.6. The minimum Gasteiger partial charge on any atom is -0.484 e. The molecule has 0 aromatic heterocycles. The zero-order valence-corrected chi connectivity index (χ0v) is 27.7. The van der Waals surface area contributed by atoms with Gasteiger partial charge in [-0.05, 0) is 72.1 Å². The molecule has 1 aliphatic rings. The van der Waals surface area contributed by atoms with Crippen molar-refractivity contribution in [3.05, 3.63) is 131 Å². The van der Waals surface area contributed by atoms with E-state index in [1.807, 2.05) is 0 Å². The summed E-state index contributed by atoms with van der Waals surface area (Å²) in [5.41, 5.74) is 2.49. The Balaban J connectivity index is 1.18. The number of ether oxygens (including phenoxy) is 1. The van der Waals surface area contributed by atoms with Crippen LogP contribution in [0.5, 0.6) is 5.75 Å². The van der Waals surface area contributed by atoms with Crippen molar-refractivity contribution in [2.24, 2.45) is 0 Å². The average Bonchev–Trinajstić information content (AvgIpc) is 3.11. The van der Waals surface area contributed by atoms with E-state index in [0.717, 1.165) is 11.1 Å². The SMILES string of the molecule is C[C@@H](NC(=O)COc1ccc([C@@H]2[C@@H](SCC(O)c3ccc(F)cc3)C(=O)N2c2ccc(F)cc2)cc1)C(=O)N[C@H](Cc1ccccc1)C(=O)O. The summed E-state index contributed by atoms with van der Waals surface area (Å²) in [6.45, 7) is 1.01. The minimum atomic E-state index is -1.20. The van der Waals surface area contributed by atoms with Crippen LogP contribution in [-0.2, 0) is 25.6 Å². The van der Waals surface area contributed by atoms with Crippen LogP contribution in [0.3, 0.4) is 0 Å². The lowest BCUT2D eigenvalue weighted by Gasteiger charge is -2.47. The molecule has 0 spiro atoms. The molecule has 3 amide bonds. The van der Waals surface area contributed by atoms with Crippen LogP contribution in [0.25, 0.3) is 0 Å². The van der Waals surface area contributed by atoms with Crippen molar-refractivity contribution in [2.75, 3.05) is 17.3 Å². The number of halogens is 2. The zero-order chi connectivity index (χ0) is 35.8. The Kier molecular flexibility index (Phi) is 11.8. The van der Waals surface area contributed by atoms with Crippen molar-refractivity contribution >= 4 is 41.1 Å². The van der Waals surface area contributed by atoms with Gasteiger partial charge in [0.15, 0.2) is 6.61 Å². The van der Waals surface area contributed by atoms with E-state index < -0.39 is 65.5 Å². The molecule has 4 aromatic carbocycles. The molecule has 1 fully saturated rings. The number of carbonyl (C=O) groups excluding carboxylic acids is 3. The summed E-state index contributed by atoms with van der Waals surface area (Å²) in [4.78, 5) is 51.8. The van der Waals surface area contributed by atoms with Crippen molar-refractivity contribution in [3.8, 4) is 5.75 Å². The van der Waals surface area contributed by atoms with Gasteiger partial charge in [-0.15, -0.1) is 11.8 Å². The molecule has 260 valence electrons. The molecule has 4 N–H and O–H groups in total. The monoisotopic (exact) mass is 703 g/mol. The molecule has 1 unspecified atom stereocenters. The first-order valence-corrected chi connectivity index (χ1v) is 16.8. The number of β-lactam (4-membered cyclic amide) rings is 1. The van der Waals surface area contributed by atoms with Gasteiger partial charge in [0, 0.05) is 17.9 Å². The largest absolute Gasteiger partial charge is 0.484 e. The fourth-order valence-corrected chi connectivity index (χ4v) is 6.72. The average molecular weight is 704 g/mol. The molecular formula is C37H35F2N3O7S. The van der Waals surface area contributed by atoms with E-state index in [0.29, 0.717) is 17.0 Å². The standard InChI is InChI=1S/C37H35F2N3O7S/c1-22(35(45)41-30(37(47)48)19-23-5-3-2-4-6-23)40-32(44)20-49-29-17-9-25(10-18-29)33-34(36(46)42(33)28-15-13-27(39)14-16-28)50-21-31(43)24-7-11-26(38)12-8-24/h2-18,22,30-31,33-34,43H,19-21H2,1H3,(H,40,44)(H,41,45)(H,47,48)/t22-,30-,31?,33-,34-/m1/s1. The first-order chi connectivity index (χ1) is 24.0. The van der Waals surface area contributed by atoms with Gasteiger partial charge in [0.1, 0.15) is 34.7 Å². The van der Waals surface area contributed by atoms with Crippen molar-refractivity contribution in [3.63, 3.8) is 0 Å². The number of aliphatic hydroxyl groups excluding tert-OH is 1. The number of nitrogens with zero attached hydrogens (tertiary/aromatic N) is 1. The Hall–Kier alpha value is -5.27. The van der Waals surface area contributed by atoms with Gasteiger partial charge in [-0.1, -0.05) is 54.6 Å². The number of amides is 3. The van der Waals surface area contributed by atoms with Gasteiger partial charge < -0.3 is 30.5 Å². The maximum atomic E-state index is 13.7. The molecule has 1 heterocycles. The Morgan fingerprint density at radius 3 is 2.12 bits per heavy atom. The van der Waals surface area contributed by atoms with Crippen LogP contribution in [-0.4, -0.2) is 63.6 Å². The molecule has 4 aromatic rings. The van der Waals surface area contributed by atoms with E-state index in [4.69, 9.17) is 4.74 Å². The number of thioether (sulfide) groups is 1. The molecule has 1 aliphatic heterocycles. The molecule has 5 atom stereocenters. The number of carbonyl (C=O) groups is 4. The van der Waals surface area contributed by atoms with Gasteiger partial charge in [0.05, 0.1) is 12.1 Å². The lowest BCUT2D eigenvalue weighted by atomic mass is 9.92. The zero-order valence-electron chi connectivity index (χ0n) is 26.9. The summed E-state index contributed by atoms with van der Waals surface area (Å²) in [6, 6.07) is 23.9. The van der Waals surface area contributed by atoms with Gasteiger partial charge in [-0.2, -0.15) is 0 Å². The molecule has 5 rings (SSSR count). The quantitative estimate of drug-likeness (QED) is 0.132. The summed E-state index contributed by atoms with van der Waals surface area (Å²) in [6.07, 6.45) is -0.854. The van der Waals surface area contributed by atoms with Crippen LogP contribution in [0.1, 0.15) is 35.8 Å². The molecule has 0 aliphatic carbocycles. The first-order valence-electron chi connectivity index (χ1n) is 15.7. The third-order valence-corrected chi connectivity index (χ3v) is 9.43. The van der Waals surface area contributed by atoms with E-state index in [1.54, 1.807) is 59.5 Å². The lowest BCUT2D eigenvalue weighted by Crippen LogP contribution is -2.57. The number of carboxylic acid groups (broad SMARTS) is 1. The lowest BCUT2D eigenvalue weighted by molar-refractivity contribution is -0.142. The van der Waals surface area contributed by atoms with E-state index in [2.05, 4.69) is 10.6 Å². The summed E-state index contributed by atoms with van der Waals surface area (Å²) >= 11 is 1.26. The van der Waals surface area contributed by atoms with Crippen molar-refractivity contribution in [1.82, 2.24) is 10.6 Å². The molecule has 0 bridgehead atoms. The highest BCUT2D eigenvalue weighted by molar-refractivity contribution is 8.00. The second-order valence-corrected chi connectivity index (χ2v) is 12.9. The van der Waals surface area contributed by atoms with Crippen molar-refractivity contribution in [2.45, 2.75) is 42.8 Å².